The molecule has 0 radical (unpaired) electrons. The first-order valence-corrected chi connectivity index (χ1v) is 27.3. The van der Waals surface area contributed by atoms with Crippen molar-refractivity contribution in [2.24, 2.45) is 52.3 Å². The van der Waals surface area contributed by atoms with Crippen LogP contribution in [0, 0.1) is 52.3 Å². The standard InChI is InChI=1S/C51H85NO21/c1-20-5-8-27-21(2)33-28(52(27)15-20)14-26-24-7-6-22-13-23(9-11-50(22,3)25(24)10-12-51(26,33)4)66-46-42(65)39(62)43(32(19-56)70-46)71-49-45(73-48-41(64)38(61)35(58)30(17-54)68-48)44(36(59)31(18-55)69-49)72-47-40(63)37(60)34(57)29(16-53)67-47/h20-49,53-65H,5-19H2,1-4H3/t20-,21+,22-,23-,24+,25-,26-,27+,28-,29+,30+,31+,32+,33-,34+,35+,36+,37-,38-,39+,40+,41+,42+,43-,44-,45+,46+,47-,48-,49-,50-,51-/m0/s1. The molecule has 0 aromatic heterocycles. The lowest BCUT2D eigenvalue weighted by Gasteiger charge is -2.61. The lowest BCUT2D eigenvalue weighted by molar-refractivity contribution is -0.406. The van der Waals surface area contributed by atoms with Crippen LogP contribution in [-0.4, -0.2) is 245 Å². The predicted octanol–water partition coefficient (Wildman–Crippen LogP) is -2.97. The zero-order chi connectivity index (χ0) is 52.2. The predicted molar refractivity (Wildman–Crippen MR) is 249 cm³/mol. The van der Waals surface area contributed by atoms with Gasteiger partial charge in [-0.25, -0.2) is 0 Å². The molecule has 0 aromatic carbocycles. The van der Waals surface area contributed by atoms with Gasteiger partial charge in [0.15, 0.2) is 25.2 Å². The largest absolute Gasteiger partial charge is 0.394 e. The minimum absolute atomic E-state index is 0.131. The average Bonchev–Trinajstić information content (AvgIpc) is 3.85. The number of ether oxygens (including phenoxy) is 8. The summed E-state index contributed by atoms with van der Waals surface area (Å²) in [7, 11) is 0. The fraction of sp³-hybridized carbons (Fsp3) is 1.00. The van der Waals surface area contributed by atoms with Crippen LogP contribution in [0.1, 0.15) is 91.9 Å². The van der Waals surface area contributed by atoms with Gasteiger partial charge < -0.3 is 104 Å². The Morgan fingerprint density at radius 1 is 0.466 bits per heavy atom. The van der Waals surface area contributed by atoms with Crippen molar-refractivity contribution in [3.05, 3.63) is 0 Å². The molecule has 22 heteroatoms. The van der Waals surface area contributed by atoms with Crippen molar-refractivity contribution in [2.75, 3.05) is 33.0 Å². The zero-order valence-corrected chi connectivity index (χ0v) is 42.5. The summed E-state index contributed by atoms with van der Waals surface area (Å²) in [5, 5.41) is 140. The number of nitrogens with zero attached hydrogens (tertiary/aromatic N) is 1. The molecule has 420 valence electrons. The molecule has 0 bridgehead atoms. The third-order valence-corrected chi connectivity index (χ3v) is 20.7. The van der Waals surface area contributed by atoms with Crippen LogP contribution in [-0.2, 0) is 37.9 Å². The maximum Gasteiger partial charge on any atom is 0.187 e. The highest BCUT2D eigenvalue weighted by Crippen LogP contribution is 2.71. The fourth-order valence-corrected chi connectivity index (χ4v) is 16.9. The zero-order valence-electron chi connectivity index (χ0n) is 42.5. The third-order valence-electron chi connectivity index (χ3n) is 20.7. The van der Waals surface area contributed by atoms with E-state index in [2.05, 4.69) is 32.6 Å². The highest BCUT2D eigenvalue weighted by Gasteiger charge is 2.67. The molecule has 6 heterocycles. The van der Waals surface area contributed by atoms with E-state index in [1.54, 1.807) is 0 Å². The van der Waals surface area contributed by atoms with Crippen molar-refractivity contribution in [1.82, 2.24) is 4.90 Å². The normalized spacial score (nSPS) is 57.3. The first-order chi connectivity index (χ1) is 34.8. The van der Waals surface area contributed by atoms with Crippen LogP contribution in [0.5, 0.6) is 0 Å². The molecular formula is C51H85NO21. The second-order valence-electron chi connectivity index (χ2n) is 24.5. The first kappa shape index (κ1) is 55.4. The van der Waals surface area contributed by atoms with Crippen LogP contribution in [0.4, 0.5) is 0 Å². The van der Waals surface area contributed by atoms with Gasteiger partial charge in [0, 0.05) is 18.6 Å². The molecule has 10 aliphatic rings. The number of aliphatic hydroxyl groups is 13. The third kappa shape index (κ3) is 9.50. The Labute approximate surface area is 426 Å². The van der Waals surface area contributed by atoms with Gasteiger partial charge >= 0.3 is 0 Å². The maximum absolute atomic E-state index is 11.8. The molecule has 13 N–H and O–H groups in total. The van der Waals surface area contributed by atoms with E-state index in [9.17, 15) is 66.4 Å². The second-order valence-corrected chi connectivity index (χ2v) is 24.5. The van der Waals surface area contributed by atoms with E-state index in [1.807, 2.05) is 0 Å². The van der Waals surface area contributed by atoms with E-state index in [-0.39, 0.29) is 11.5 Å². The first-order valence-electron chi connectivity index (χ1n) is 27.3. The summed E-state index contributed by atoms with van der Waals surface area (Å²) >= 11 is 0. The van der Waals surface area contributed by atoms with Crippen molar-refractivity contribution in [1.29, 1.82) is 0 Å². The average molecular weight is 1050 g/mol. The molecular weight excluding hydrogens is 963 g/mol. The van der Waals surface area contributed by atoms with Crippen LogP contribution in [0.25, 0.3) is 0 Å². The fourth-order valence-electron chi connectivity index (χ4n) is 16.9. The van der Waals surface area contributed by atoms with Crippen LogP contribution < -0.4 is 0 Å². The summed E-state index contributed by atoms with van der Waals surface area (Å²) < 4.78 is 48.1. The van der Waals surface area contributed by atoms with Crippen molar-refractivity contribution in [2.45, 2.75) is 233 Å². The Balaban J connectivity index is 0.828. The van der Waals surface area contributed by atoms with E-state index in [0.29, 0.717) is 35.6 Å². The SMILES string of the molecule is C[C@H]1CC[C@@H]2[C@@H](C)[C@H]3[C@H](C[C@H]4[C@@H]5CC[C@H]6C[C@@H](O[C@@H]7O[C@H](CO)[C@H](O[C@@H]8O[C@H](CO)[C@@H](O)[C@H](O[C@@H]9O[C@H](CO)[C@@H](O)[C@H](O)[C@H]9O)[C@H]8O[C@@H]8O[C@H](CO)[C@@H](O)[C@H](O)[C@H]8O)[C@H](O)[C@H]7O)CC[C@]6(C)[C@H]5CC[C@]34C)N2C1. The molecule has 4 aliphatic carbocycles. The number of hydrogen-bond acceptors (Lipinski definition) is 22. The Morgan fingerprint density at radius 3 is 1.63 bits per heavy atom. The van der Waals surface area contributed by atoms with E-state index in [1.165, 1.54) is 45.1 Å². The Hall–Kier alpha value is -0.880. The highest BCUT2D eigenvalue weighted by molar-refractivity contribution is 5.18. The van der Waals surface area contributed by atoms with Crippen LogP contribution in [0.2, 0.25) is 0 Å². The van der Waals surface area contributed by atoms with Gasteiger partial charge in [0.25, 0.3) is 0 Å². The quantitative estimate of drug-likeness (QED) is 0.0868. The molecule has 0 amide bonds. The number of hydrogen-bond donors (Lipinski definition) is 13. The minimum atomic E-state index is -2.03. The number of fused-ring (bicyclic) bond motifs is 9. The molecule has 22 nitrogen and oxygen atoms in total. The Bertz CT molecular complexity index is 1860. The molecule has 10 fully saturated rings. The van der Waals surface area contributed by atoms with E-state index in [0.717, 1.165) is 49.0 Å². The summed E-state index contributed by atoms with van der Waals surface area (Å²) in [6, 6.07) is 1.42. The highest BCUT2D eigenvalue weighted by atomic mass is 16.8. The van der Waals surface area contributed by atoms with Crippen LogP contribution in [0.3, 0.4) is 0 Å². The number of piperidine rings is 1. The van der Waals surface area contributed by atoms with Gasteiger partial charge in [0.05, 0.1) is 32.5 Å². The van der Waals surface area contributed by atoms with Crippen molar-refractivity contribution in [3.63, 3.8) is 0 Å². The summed E-state index contributed by atoms with van der Waals surface area (Å²) in [5.41, 5.74) is 0.494. The lowest BCUT2D eigenvalue weighted by Crippen LogP contribution is -2.68. The van der Waals surface area contributed by atoms with Crippen LogP contribution >= 0.6 is 0 Å². The molecule has 73 heavy (non-hydrogen) atoms. The van der Waals surface area contributed by atoms with Crippen molar-refractivity contribution < 1.29 is 104 Å². The molecule has 0 aromatic rings. The Morgan fingerprint density at radius 2 is 1.00 bits per heavy atom. The van der Waals surface area contributed by atoms with Gasteiger partial charge in [-0.05, 0) is 116 Å². The molecule has 10 rings (SSSR count). The molecule has 32 atom stereocenters. The molecule has 0 spiro atoms. The van der Waals surface area contributed by atoms with Gasteiger partial charge in [-0.15, -0.1) is 0 Å². The van der Waals surface area contributed by atoms with Gasteiger partial charge in [-0.2, -0.15) is 0 Å². The minimum Gasteiger partial charge on any atom is -0.394 e. The summed E-state index contributed by atoms with van der Waals surface area (Å²) in [6.07, 6.45) is -24.7. The topological polar surface area (TPSA) is 340 Å². The molecule has 6 saturated heterocycles. The molecule has 6 aliphatic heterocycles. The van der Waals surface area contributed by atoms with Crippen molar-refractivity contribution >= 4 is 0 Å². The van der Waals surface area contributed by atoms with E-state index >= 15 is 0 Å². The molecule has 0 unspecified atom stereocenters. The number of rotatable bonds is 12. The van der Waals surface area contributed by atoms with Gasteiger partial charge in [-0.1, -0.05) is 27.7 Å². The van der Waals surface area contributed by atoms with Gasteiger partial charge in [-0.3, -0.25) is 4.90 Å². The van der Waals surface area contributed by atoms with Gasteiger partial charge in [0.1, 0.15) is 97.7 Å². The summed E-state index contributed by atoms with van der Waals surface area (Å²) in [6.45, 7) is 7.97. The van der Waals surface area contributed by atoms with Crippen molar-refractivity contribution in [3.8, 4) is 0 Å². The van der Waals surface area contributed by atoms with E-state index < -0.39 is 149 Å². The summed E-state index contributed by atoms with van der Waals surface area (Å²) in [5.74, 6) is 4.67. The smallest absolute Gasteiger partial charge is 0.187 e. The van der Waals surface area contributed by atoms with Gasteiger partial charge in [0.2, 0.25) is 0 Å². The lowest BCUT2D eigenvalue weighted by atomic mass is 9.44. The monoisotopic (exact) mass is 1050 g/mol. The van der Waals surface area contributed by atoms with Crippen LogP contribution in [0.15, 0.2) is 0 Å². The maximum atomic E-state index is 11.8. The second kappa shape index (κ2) is 21.6. The van der Waals surface area contributed by atoms with E-state index in [4.69, 9.17) is 37.9 Å². The molecule has 4 saturated carbocycles. The number of aliphatic hydroxyl groups excluding tert-OH is 13. The summed E-state index contributed by atoms with van der Waals surface area (Å²) in [4.78, 5) is 2.94. The Kier molecular flexibility index (Phi) is 16.4.